The maximum Gasteiger partial charge on any atom is 0.351 e. The second-order valence-corrected chi connectivity index (χ2v) is 6.50. The van der Waals surface area contributed by atoms with E-state index < -0.39 is 18.0 Å². The number of hydrogen-bond donors (Lipinski definition) is 0. The van der Waals surface area contributed by atoms with Crippen LogP contribution in [0.4, 0.5) is 0 Å². The minimum Gasteiger partial charge on any atom is -0.497 e. The smallest absolute Gasteiger partial charge is 0.351 e. The van der Waals surface area contributed by atoms with E-state index in [9.17, 15) is 9.59 Å². The molecule has 0 N–H and O–H groups in total. The molecule has 5 nitrogen and oxygen atoms in total. The van der Waals surface area contributed by atoms with Crippen molar-refractivity contribution in [2.45, 2.75) is 39.7 Å². The molecule has 0 saturated heterocycles. The molecule has 1 atom stereocenters. The van der Waals surface area contributed by atoms with E-state index in [1.807, 2.05) is 38.1 Å². The van der Waals surface area contributed by atoms with Gasteiger partial charge in [0.15, 0.2) is 0 Å². The Kier molecular flexibility index (Phi) is 6.99. The highest BCUT2D eigenvalue weighted by atomic mass is 16.6. The molecule has 0 unspecified atom stereocenters. The number of unbranched alkanes of at least 4 members (excludes halogenated alkanes) is 1. The maximum absolute atomic E-state index is 12.9. The summed E-state index contributed by atoms with van der Waals surface area (Å²) in [6.07, 6.45) is 0.517. The van der Waals surface area contributed by atoms with Gasteiger partial charge in [-0.3, -0.25) is 0 Å². The molecule has 0 heterocycles. The zero-order valence-electron chi connectivity index (χ0n) is 16.3. The number of rotatable bonds is 8. The van der Waals surface area contributed by atoms with Crippen LogP contribution in [0.1, 0.15) is 42.6 Å². The molecule has 0 aliphatic carbocycles. The van der Waals surface area contributed by atoms with Gasteiger partial charge in [0.1, 0.15) is 5.75 Å². The second kappa shape index (κ2) is 9.21. The molecule has 0 spiro atoms. The maximum atomic E-state index is 12.9. The van der Waals surface area contributed by atoms with E-state index in [2.05, 4.69) is 6.58 Å². The molecule has 144 valence electrons. The van der Waals surface area contributed by atoms with Crippen molar-refractivity contribution >= 4 is 22.7 Å². The summed E-state index contributed by atoms with van der Waals surface area (Å²) in [6.45, 7) is 9.64. The molecule has 5 heteroatoms. The van der Waals surface area contributed by atoms with Crippen LogP contribution in [0.5, 0.6) is 5.75 Å². The van der Waals surface area contributed by atoms with Crippen molar-refractivity contribution in [3.63, 3.8) is 0 Å². The molecule has 0 aliphatic rings. The van der Waals surface area contributed by atoms with Crippen LogP contribution < -0.4 is 4.74 Å². The first kappa shape index (κ1) is 20.5. The molecule has 0 bridgehead atoms. The summed E-state index contributed by atoms with van der Waals surface area (Å²) in [6, 6.07) is 9.15. The number of methoxy groups -OCH3 is 1. The van der Waals surface area contributed by atoms with E-state index in [-0.39, 0.29) is 6.61 Å². The summed E-state index contributed by atoms with van der Waals surface area (Å²) in [7, 11) is 1.54. The van der Waals surface area contributed by atoms with Gasteiger partial charge in [0, 0.05) is 0 Å². The van der Waals surface area contributed by atoms with Crippen molar-refractivity contribution < 1.29 is 23.8 Å². The van der Waals surface area contributed by atoms with Crippen LogP contribution in [0, 0.1) is 6.92 Å². The van der Waals surface area contributed by atoms with Gasteiger partial charge in [-0.15, -0.1) is 0 Å². The van der Waals surface area contributed by atoms with Gasteiger partial charge in [-0.2, -0.15) is 0 Å². The first-order valence-electron chi connectivity index (χ1n) is 8.99. The first-order valence-corrected chi connectivity index (χ1v) is 8.99. The Morgan fingerprint density at radius 2 is 1.93 bits per heavy atom. The van der Waals surface area contributed by atoms with Crippen LogP contribution in [0.15, 0.2) is 42.5 Å². The SMILES string of the molecule is C=C(C)[C@H](OC(=O)c1cc(OC)cc2c(C)cccc12)C(=O)OCCCC. The van der Waals surface area contributed by atoms with Crippen LogP contribution in [0.2, 0.25) is 0 Å². The average molecular weight is 370 g/mol. The number of ether oxygens (including phenoxy) is 3. The Bertz CT molecular complexity index is 853. The zero-order chi connectivity index (χ0) is 20.0. The van der Waals surface area contributed by atoms with E-state index in [1.165, 1.54) is 7.11 Å². The fourth-order valence-electron chi connectivity index (χ4n) is 2.71. The predicted octanol–water partition coefficient (Wildman–Crippen LogP) is 4.60. The van der Waals surface area contributed by atoms with Crippen molar-refractivity contribution in [2.24, 2.45) is 0 Å². The summed E-state index contributed by atoms with van der Waals surface area (Å²) in [4.78, 5) is 25.1. The summed E-state index contributed by atoms with van der Waals surface area (Å²) in [5.74, 6) is -0.682. The fourth-order valence-corrected chi connectivity index (χ4v) is 2.71. The average Bonchev–Trinajstić information content (AvgIpc) is 2.65. The van der Waals surface area contributed by atoms with Crippen LogP contribution in [-0.4, -0.2) is 31.8 Å². The van der Waals surface area contributed by atoms with Gasteiger partial charge in [-0.25, -0.2) is 9.59 Å². The van der Waals surface area contributed by atoms with Crippen LogP contribution >= 0.6 is 0 Å². The first-order chi connectivity index (χ1) is 12.9. The normalized spacial score (nSPS) is 11.7. The highest BCUT2D eigenvalue weighted by Gasteiger charge is 2.27. The molecule has 0 fully saturated rings. The molecular weight excluding hydrogens is 344 g/mol. The van der Waals surface area contributed by atoms with Crippen molar-refractivity contribution in [3.05, 3.63) is 53.6 Å². The summed E-state index contributed by atoms with van der Waals surface area (Å²) in [5, 5.41) is 1.63. The van der Waals surface area contributed by atoms with E-state index in [0.717, 1.165) is 29.2 Å². The van der Waals surface area contributed by atoms with Crippen LogP contribution in [-0.2, 0) is 14.3 Å². The highest BCUT2D eigenvalue weighted by Crippen LogP contribution is 2.29. The summed E-state index contributed by atoms with van der Waals surface area (Å²) >= 11 is 0. The van der Waals surface area contributed by atoms with Gasteiger partial charge in [0.05, 0.1) is 19.3 Å². The minimum absolute atomic E-state index is 0.290. The lowest BCUT2D eigenvalue weighted by Crippen LogP contribution is -2.30. The van der Waals surface area contributed by atoms with E-state index in [1.54, 1.807) is 13.0 Å². The van der Waals surface area contributed by atoms with Crippen LogP contribution in [0.25, 0.3) is 10.8 Å². The number of hydrogen-bond acceptors (Lipinski definition) is 5. The molecular formula is C22H26O5. The number of benzene rings is 2. The highest BCUT2D eigenvalue weighted by molar-refractivity contribution is 6.06. The van der Waals surface area contributed by atoms with Crippen molar-refractivity contribution in [3.8, 4) is 5.75 Å². The number of carbonyl (C=O) groups is 2. The van der Waals surface area contributed by atoms with Gasteiger partial charge < -0.3 is 14.2 Å². The molecule has 0 saturated carbocycles. The Balaban J connectivity index is 2.34. The number of esters is 2. The molecule has 2 aromatic carbocycles. The molecule has 0 aromatic heterocycles. The van der Waals surface area contributed by atoms with Gasteiger partial charge in [-0.1, -0.05) is 38.1 Å². The van der Waals surface area contributed by atoms with Crippen molar-refractivity contribution in [1.29, 1.82) is 0 Å². The Labute approximate surface area is 159 Å². The largest absolute Gasteiger partial charge is 0.497 e. The van der Waals surface area contributed by atoms with Gasteiger partial charge in [0.25, 0.3) is 0 Å². The topological polar surface area (TPSA) is 61.8 Å². The van der Waals surface area contributed by atoms with E-state index >= 15 is 0 Å². The third-order valence-corrected chi connectivity index (χ3v) is 4.27. The third kappa shape index (κ3) is 4.88. The number of fused-ring (bicyclic) bond motifs is 1. The van der Waals surface area contributed by atoms with Gasteiger partial charge >= 0.3 is 11.9 Å². The summed E-state index contributed by atoms with van der Waals surface area (Å²) < 4.78 is 16.0. The zero-order valence-corrected chi connectivity index (χ0v) is 16.3. The Hall–Kier alpha value is -2.82. The standard InChI is InChI=1S/C22H26O5/c1-6-7-11-26-22(24)20(14(2)3)27-21(23)19-13-16(25-5)12-18-15(4)9-8-10-17(18)19/h8-10,12-13,20H,2,6-7,11H2,1,3-5H3/t20-/m0/s1. The molecule has 27 heavy (non-hydrogen) atoms. The molecule has 0 amide bonds. The Morgan fingerprint density at radius 3 is 2.56 bits per heavy atom. The van der Waals surface area contributed by atoms with Gasteiger partial charge in [-0.05, 0) is 54.3 Å². The molecule has 0 radical (unpaired) electrons. The van der Waals surface area contributed by atoms with Gasteiger partial charge in [0.2, 0.25) is 6.10 Å². The fraction of sp³-hybridized carbons (Fsp3) is 0.364. The number of carbonyl (C=O) groups excluding carboxylic acids is 2. The lowest BCUT2D eigenvalue weighted by Gasteiger charge is -2.18. The molecule has 0 aliphatic heterocycles. The predicted molar refractivity (Wildman–Crippen MR) is 105 cm³/mol. The monoisotopic (exact) mass is 370 g/mol. The minimum atomic E-state index is -1.14. The van der Waals surface area contributed by atoms with E-state index in [0.29, 0.717) is 16.9 Å². The van der Waals surface area contributed by atoms with Crippen LogP contribution in [0.3, 0.4) is 0 Å². The van der Waals surface area contributed by atoms with E-state index in [4.69, 9.17) is 14.2 Å². The summed E-state index contributed by atoms with van der Waals surface area (Å²) in [5.41, 5.74) is 1.75. The lowest BCUT2D eigenvalue weighted by molar-refractivity contribution is -0.152. The second-order valence-electron chi connectivity index (χ2n) is 6.50. The lowest BCUT2D eigenvalue weighted by atomic mass is 10.00. The molecule has 2 rings (SSSR count). The quantitative estimate of drug-likeness (QED) is 0.386. The third-order valence-electron chi connectivity index (χ3n) is 4.27. The molecule has 2 aromatic rings. The number of aryl methyl sites for hydroxylation is 1. The Morgan fingerprint density at radius 1 is 1.19 bits per heavy atom. The van der Waals surface area contributed by atoms with Crippen molar-refractivity contribution in [1.82, 2.24) is 0 Å². The van der Waals surface area contributed by atoms with Crippen molar-refractivity contribution in [2.75, 3.05) is 13.7 Å².